The highest BCUT2D eigenvalue weighted by Crippen LogP contribution is 2.19. The Labute approximate surface area is 137 Å². The molecule has 0 bridgehead atoms. The number of nitrogens with one attached hydrogen (secondary N) is 2. The lowest BCUT2D eigenvalue weighted by atomic mass is 10.0. The lowest BCUT2D eigenvalue weighted by molar-refractivity contribution is -0.132. The van der Waals surface area contributed by atoms with Crippen LogP contribution in [0.1, 0.15) is 46.5 Å². The molecule has 1 aliphatic heterocycles. The second-order valence-corrected chi connectivity index (χ2v) is 6.55. The van der Waals surface area contributed by atoms with E-state index in [-0.39, 0.29) is 6.54 Å². The van der Waals surface area contributed by atoms with E-state index < -0.39 is 12.6 Å². The van der Waals surface area contributed by atoms with Crippen molar-refractivity contribution < 1.29 is 13.2 Å². The van der Waals surface area contributed by atoms with Crippen LogP contribution in [0.3, 0.4) is 0 Å². The maximum absolute atomic E-state index is 12.2. The summed E-state index contributed by atoms with van der Waals surface area (Å²) < 4.78 is 36.7. The second-order valence-electron chi connectivity index (χ2n) is 6.55. The van der Waals surface area contributed by atoms with Crippen LogP contribution in [-0.2, 0) is 0 Å². The van der Waals surface area contributed by atoms with E-state index in [4.69, 9.17) is 0 Å². The predicted molar refractivity (Wildman–Crippen MR) is 88.7 cm³/mol. The lowest BCUT2D eigenvalue weighted by Crippen LogP contribution is -2.45. The van der Waals surface area contributed by atoms with Gasteiger partial charge in [0.25, 0.3) is 0 Å². The zero-order chi connectivity index (χ0) is 17.3. The standard InChI is InChI=1S/C16H31F3N4/c1-4-20-15(21-9-8-16(17,18)19)22-11-14-7-5-6-10-23(14)12-13(2)3/h13-14H,4-12H2,1-3H3,(H2,20,21,22). The van der Waals surface area contributed by atoms with Gasteiger partial charge in [-0.2, -0.15) is 13.2 Å². The maximum Gasteiger partial charge on any atom is 0.390 e. The Balaban J connectivity index is 2.52. The Morgan fingerprint density at radius 1 is 1.26 bits per heavy atom. The van der Waals surface area contributed by atoms with Crippen molar-refractivity contribution in [2.24, 2.45) is 10.9 Å². The van der Waals surface area contributed by atoms with Crippen LogP contribution < -0.4 is 10.6 Å². The van der Waals surface area contributed by atoms with Gasteiger partial charge >= 0.3 is 6.18 Å². The van der Waals surface area contributed by atoms with Crippen LogP contribution in [0.25, 0.3) is 0 Å². The quantitative estimate of drug-likeness (QED) is 0.555. The lowest BCUT2D eigenvalue weighted by Gasteiger charge is -2.36. The Morgan fingerprint density at radius 2 is 2.00 bits per heavy atom. The fraction of sp³-hybridized carbons (Fsp3) is 0.938. The van der Waals surface area contributed by atoms with Gasteiger partial charge in [0.2, 0.25) is 0 Å². The molecule has 0 aromatic carbocycles. The summed E-state index contributed by atoms with van der Waals surface area (Å²) in [5, 5.41) is 5.79. The second kappa shape index (κ2) is 10.0. The minimum absolute atomic E-state index is 0.143. The SMILES string of the molecule is CCNC(=NCC1CCCCN1CC(C)C)NCCC(F)(F)F. The van der Waals surface area contributed by atoms with Gasteiger partial charge in [0.05, 0.1) is 13.0 Å². The average Bonchev–Trinajstić information content (AvgIpc) is 2.44. The van der Waals surface area contributed by atoms with Gasteiger partial charge in [-0.15, -0.1) is 0 Å². The molecule has 23 heavy (non-hydrogen) atoms. The minimum atomic E-state index is -4.14. The molecule has 0 radical (unpaired) electrons. The van der Waals surface area contributed by atoms with Gasteiger partial charge in [-0.05, 0) is 32.2 Å². The number of alkyl halides is 3. The van der Waals surface area contributed by atoms with E-state index >= 15 is 0 Å². The predicted octanol–water partition coefficient (Wildman–Crippen LogP) is 3.00. The molecule has 1 aliphatic rings. The van der Waals surface area contributed by atoms with Gasteiger partial charge in [0, 0.05) is 25.7 Å². The molecular weight excluding hydrogens is 305 g/mol. The number of nitrogens with zero attached hydrogens (tertiary/aromatic N) is 2. The highest BCUT2D eigenvalue weighted by atomic mass is 19.4. The molecule has 1 fully saturated rings. The summed E-state index contributed by atoms with van der Waals surface area (Å²) in [4.78, 5) is 6.97. The molecule has 4 nitrogen and oxygen atoms in total. The molecule has 0 aromatic rings. The van der Waals surface area contributed by atoms with Crippen molar-refractivity contribution in [1.82, 2.24) is 15.5 Å². The van der Waals surface area contributed by atoms with Crippen molar-refractivity contribution >= 4 is 5.96 Å². The molecule has 1 heterocycles. The molecule has 1 atom stereocenters. The molecule has 1 saturated heterocycles. The van der Waals surface area contributed by atoms with Crippen molar-refractivity contribution in [3.8, 4) is 0 Å². The molecule has 7 heteroatoms. The van der Waals surface area contributed by atoms with Crippen LogP contribution in [0, 0.1) is 5.92 Å². The Bertz CT molecular complexity index is 356. The third kappa shape index (κ3) is 9.03. The molecule has 0 aliphatic carbocycles. The summed E-state index contributed by atoms with van der Waals surface area (Å²) in [5.74, 6) is 1.09. The van der Waals surface area contributed by atoms with Crippen molar-refractivity contribution in [3.05, 3.63) is 0 Å². The number of rotatable bonds is 7. The van der Waals surface area contributed by atoms with Gasteiger partial charge in [-0.25, -0.2) is 0 Å². The molecule has 1 unspecified atom stereocenters. The van der Waals surface area contributed by atoms with Crippen LogP contribution >= 0.6 is 0 Å². The highest BCUT2D eigenvalue weighted by molar-refractivity contribution is 5.79. The summed E-state index contributed by atoms with van der Waals surface area (Å²) in [7, 11) is 0. The third-order valence-corrected chi connectivity index (χ3v) is 3.85. The maximum atomic E-state index is 12.2. The normalized spacial score (nSPS) is 20.8. The Hall–Kier alpha value is -0.980. The van der Waals surface area contributed by atoms with Crippen LogP contribution in [0.4, 0.5) is 13.2 Å². The molecule has 2 N–H and O–H groups in total. The number of hydrogen-bond acceptors (Lipinski definition) is 2. The molecule has 0 saturated carbocycles. The Morgan fingerprint density at radius 3 is 2.61 bits per heavy atom. The summed E-state index contributed by atoms with van der Waals surface area (Å²) in [5.41, 5.74) is 0. The molecule has 0 spiro atoms. The molecule has 0 amide bonds. The van der Waals surface area contributed by atoms with E-state index in [0.29, 0.717) is 31.0 Å². The van der Waals surface area contributed by atoms with Crippen LogP contribution in [0.2, 0.25) is 0 Å². The number of likely N-dealkylation sites (tertiary alicyclic amines) is 1. The van der Waals surface area contributed by atoms with Crippen molar-refractivity contribution in [2.45, 2.75) is 58.7 Å². The molecule has 136 valence electrons. The Kier molecular flexibility index (Phi) is 8.73. The molecule has 1 rings (SSSR count). The van der Waals surface area contributed by atoms with Crippen molar-refractivity contribution in [1.29, 1.82) is 0 Å². The van der Waals surface area contributed by atoms with E-state index in [9.17, 15) is 13.2 Å². The zero-order valence-electron chi connectivity index (χ0n) is 14.5. The summed E-state index contributed by atoms with van der Waals surface area (Å²) in [6, 6.07) is 0.393. The minimum Gasteiger partial charge on any atom is -0.357 e. The molecule has 0 aromatic heterocycles. The van der Waals surface area contributed by atoms with E-state index in [2.05, 4.69) is 34.4 Å². The van der Waals surface area contributed by atoms with Crippen LogP contribution in [0.15, 0.2) is 4.99 Å². The topological polar surface area (TPSA) is 39.7 Å². The summed E-state index contributed by atoms with van der Waals surface area (Å²) >= 11 is 0. The number of hydrogen-bond donors (Lipinski definition) is 2. The highest BCUT2D eigenvalue weighted by Gasteiger charge is 2.26. The smallest absolute Gasteiger partial charge is 0.357 e. The van der Waals surface area contributed by atoms with E-state index in [1.807, 2.05) is 6.92 Å². The fourth-order valence-electron chi connectivity index (χ4n) is 2.84. The van der Waals surface area contributed by atoms with Crippen molar-refractivity contribution in [3.63, 3.8) is 0 Å². The van der Waals surface area contributed by atoms with Crippen LogP contribution in [-0.4, -0.2) is 55.8 Å². The van der Waals surface area contributed by atoms with E-state index in [0.717, 1.165) is 19.5 Å². The molecular formula is C16H31F3N4. The largest absolute Gasteiger partial charge is 0.390 e. The fourth-order valence-corrected chi connectivity index (χ4v) is 2.84. The number of aliphatic imine (C=N–C) groups is 1. The first-order valence-corrected chi connectivity index (χ1v) is 8.64. The summed E-state index contributed by atoms with van der Waals surface area (Å²) in [6.45, 7) is 9.60. The van der Waals surface area contributed by atoms with Gasteiger partial charge < -0.3 is 10.6 Å². The first-order valence-electron chi connectivity index (χ1n) is 8.64. The number of guanidine groups is 1. The number of piperidine rings is 1. The van der Waals surface area contributed by atoms with E-state index in [1.165, 1.54) is 12.8 Å². The zero-order valence-corrected chi connectivity index (χ0v) is 14.5. The van der Waals surface area contributed by atoms with E-state index in [1.54, 1.807) is 0 Å². The summed E-state index contributed by atoms with van der Waals surface area (Å²) in [6.07, 6.45) is -1.45. The van der Waals surface area contributed by atoms with Crippen molar-refractivity contribution in [2.75, 3.05) is 32.7 Å². The van der Waals surface area contributed by atoms with Crippen LogP contribution in [0.5, 0.6) is 0 Å². The first kappa shape index (κ1) is 20.1. The number of halogens is 3. The van der Waals surface area contributed by atoms with Gasteiger partial charge in [-0.3, -0.25) is 9.89 Å². The van der Waals surface area contributed by atoms with Gasteiger partial charge in [-0.1, -0.05) is 20.3 Å². The van der Waals surface area contributed by atoms with Gasteiger partial charge in [0.1, 0.15) is 0 Å². The monoisotopic (exact) mass is 336 g/mol. The first-order chi connectivity index (χ1) is 10.8. The van der Waals surface area contributed by atoms with Gasteiger partial charge in [0.15, 0.2) is 5.96 Å². The third-order valence-electron chi connectivity index (χ3n) is 3.85. The average molecular weight is 336 g/mol.